The van der Waals surface area contributed by atoms with E-state index in [4.69, 9.17) is 0 Å². The quantitative estimate of drug-likeness (QED) is 0.687. The molecule has 1 saturated carbocycles. The second-order valence-electron chi connectivity index (χ2n) is 5.30. The molecule has 2 fully saturated rings. The van der Waals surface area contributed by atoms with E-state index in [-0.39, 0.29) is 5.91 Å². The van der Waals surface area contributed by atoms with Gasteiger partial charge in [-0.2, -0.15) is 0 Å². The van der Waals surface area contributed by atoms with Gasteiger partial charge in [-0.1, -0.05) is 6.92 Å². The first-order chi connectivity index (χ1) is 8.29. The molecule has 2 aliphatic rings. The van der Waals surface area contributed by atoms with E-state index in [9.17, 15) is 4.79 Å². The molecule has 1 N–H and O–H groups in total. The first-order valence-corrected chi connectivity index (χ1v) is 7.00. The molecule has 0 unspecified atom stereocenters. The molecule has 1 saturated heterocycles. The minimum Gasteiger partial charge on any atom is -0.339 e. The van der Waals surface area contributed by atoms with E-state index < -0.39 is 0 Å². The number of nitrogens with one attached hydrogen (secondary N) is 1. The van der Waals surface area contributed by atoms with E-state index in [2.05, 4.69) is 17.1 Å². The fourth-order valence-electron chi connectivity index (χ4n) is 2.33. The number of nitrogens with zero attached hydrogens (tertiary/aromatic N) is 2. The zero-order chi connectivity index (χ0) is 12.1. The van der Waals surface area contributed by atoms with Crippen molar-refractivity contribution in [3.63, 3.8) is 0 Å². The van der Waals surface area contributed by atoms with Crippen LogP contribution < -0.4 is 5.32 Å². The van der Waals surface area contributed by atoms with Gasteiger partial charge in [0.25, 0.3) is 0 Å². The molecule has 1 aliphatic heterocycles. The summed E-state index contributed by atoms with van der Waals surface area (Å²) in [6, 6.07) is 0. The normalized spacial score (nSPS) is 21.8. The van der Waals surface area contributed by atoms with Gasteiger partial charge in [0.2, 0.25) is 5.91 Å². The molecule has 0 spiro atoms. The molecule has 17 heavy (non-hydrogen) atoms. The lowest BCUT2D eigenvalue weighted by Gasteiger charge is -2.34. The Bertz CT molecular complexity index is 245. The van der Waals surface area contributed by atoms with Gasteiger partial charge in [0.1, 0.15) is 0 Å². The predicted octanol–water partition coefficient (Wildman–Crippen LogP) is 0.540. The third-order valence-corrected chi connectivity index (χ3v) is 3.64. The highest BCUT2D eigenvalue weighted by atomic mass is 16.2. The molecule has 0 atom stereocenters. The van der Waals surface area contributed by atoms with Crippen molar-refractivity contribution in [2.45, 2.75) is 26.2 Å². The number of hydrogen-bond donors (Lipinski definition) is 1. The highest BCUT2D eigenvalue weighted by Crippen LogP contribution is 2.29. The van der Waals surface area contributed by atoms with Crippen molar-refractivity contribution in [2.75, 3.05) is 45.8 Å². The Morgan fingerprint density at radius 3 is 2.53 bits per heavy atom. The van der Waals surface area contributed by atoms with Crippen molar-refractivity contribution >= 4 is 5.91 Å². The molecule has 4 heteroatoms. The van der Waals surface area contributed by atoms with Crippen LogP contribution in [0.1, 0.15) is 26.2 Å². The van der Waals surface area contributed by atoms with Crippen LogP contribution in [-0.2, 0) is 4.79 Å². The summed E-state index contributed by atoms with van der Waals surface area (Å²) in [6.45, 7) is 8.79. The van der Waals surface area contributed by atoms with Crippen LogP contribution in [0.3, 0.4) is 0 Å². The van der Waals surface area contributed by atoms with Crippen LogP contribution in [0.25, 0.3) is 0 Å². The Morgan fingerprint density at radius 1 is 1.24 bits per heavy atom. The third-order valence-electron chi connectivity index (χ3n) is 3.64. The number of rotatable bonds is 6. The Hall–Kier alpha value is -0.610. The predicted molar refractivity (Wildman–Crippen MR) is 68.9 cm³/mol. The maximum Gasteiger partial charge on any atom is 0.236 e. The summed E-state index contributed by atoms with van der Waals surface area (Å²) in [5, 5.41) is 3.18. The van der Waals surface area contributed by atoms with Gasteiger partial charge in [-0.05, 0) is 31.7 Å². The van der Waals surface area contributed by atoms with Crippen molar-refractivity contribution in [3.05, 3.63) is 0 Å². The van der Waals surface area contributed by atoms with E-state index in [1.807, 2.05) is 4.90 Å². The summed E-state index contributed by atoms with van der Waals surface area (Å²) >= 11 is 0. The average Bonchev–Trinajstić information content (AvgIpc) is 3.14. The Labute approximate surface area is 104 Å². The monoisotopic (exact) mass is 239 g/mol. The van der Waals surface area contributed by atoms with Crippen LogP contribution in [0.15, 0.2) is 0 Å². The van der Waals surface area contributed by atoms with Crippen LogP contribution >= 0.6 is 0 Å². The van der Waals surface area contributed by atoms with Crippen LogP contribution in [0, 0.1) is 5.92 Å². The molecule has 0 bridgehead atoms. The van der Waals surface area contributed by atoms with E-state index in [0.717, 1.165) is 45.1 Å². The fraction of sp³-hybridized carbons (Fsp3) is 0.923. The first kappa shape index (κ1) is 12.8. The van der Waals surface area contributed by atoms with Gasteiger partial charge in [0.05, 0.1) is 6.54 Å². The Kier molecular flexibility index (Phi) is 4.80. The highest BCUT2D eigenvalue weighted by Gasteiger charge is 2.27. The standard InChI is InChI=1S/C13H25N3O/c1-2-5-14-10-13(17)16-8-6-15(7-9-16)11-12-3-4-12/h12,14H,2-11H2,1H3. The van der Waals surface area contributed by atoms with E-state index >= 15 is 0 Å². The maximum atomic E-state index is 11.9. The van der Waals surface area contributed by atoms with Gasteiger partial charge in [-0.25, -0.2) is 0 Å². The number of carbonyl (C=O) groups excluding carboxylic acids is 1. The van der Waals surface area contributed by atoms with Crippen LogP contribution in [0.2, 0.25) is 0 Å². The molecule has 1 aliphatic carbocycles. The molecule has 0 aromatic carbocycles. The number of piperazine rings is 1. The zero-order valence-electron chi connectivity index (χ0n) is 11.0. The minimum absolute atomic E-state index is 0.268. The molecule has 0 aromatic rings. The second kappa shape index (κ2) is 6.36. The van der Waals surface area contributed by atoms with Gasteiger partial charge in [-0.15, -0.1) is 0 Å². The molecule has 1 amide bonds. The molecule has 0 radical (unpaired) electrons. The lowest BCUT2D eigenvalue weighted by atomic mass is 10.2. The number of amides is 1. The van der Waals surface area contributed by atoms with Gasteiger partial charge in [0, 0.05) is 32.7 Å². The lowest BCUT2D eigenvalue weighted by Crippen LogP contribution is -2.51. The van der Waals surface area contributed by atoms with Crippen LogP contribution in [0.5, 0.6) is 0 Å². The average molecular weight is 239 g/mol. The topological polar surface area (TPSA) is 35.6 Å². The van der Waals surface area contributed by atoms with Crippen molar-refractivity contribution in [2.24, 2.45) is 5.92 Å². The highest BCUT2D eigenvalue weighted by molar-refractivity contribution is 5.78. The van der Waals surface area contributed by atoms with E-state index in [0.29, 0.717) is 6.54 Å². The Balaban J connectivity index is 1.61. The molecule has 4 nitrogen and oxygen atoms in total. The lowest BCUT2D eigenvalue weighted by molar-refractivity contribution is -0.132. The van der Waals surface area contributed by atoms with Gasteiger partial charge in [-0.3, -0.25) is 9.69 Å². The summed E-state index contributed by atoms with van der Waals surface area (Å²) in [6.07, 6.45) is 3.92. The number of hydrogen-bond acceptors (Lipinski definition) is 3. The zero-order valence-corrected chi connectivity index (χ0v) is 11.0. The van der Waals surface area contributed by atoms with Crippen molar-refractivity contribution in [1.82, 2.24) is 15.1 Å². The van der Waals surface area contributed by atoms with Gasteiger partial charge >= 0.3 is 0 Å². The van der Waals surface area contributed by atoms with E-state index in [1.54, 1.807) is 0 Å². The summed E-state index contributed by atoms with van der Waals surface area (Å²) in [4.78, 5) is 16.4. The van der Waals surface area contributed by atoms with E-state index in [1.165, 1.54) is 19.4 Å². The van der Waals surface area contributed by atoms with Gasteiger partial charge < -0.3 is 10.2 Å². The summed E-state index contributed by atoms with van der Waals surface area (Å²) in [5.41, 5.74) is 0. The molecule has 1 heterocycles. The van der Waals surface area contributed by atoms with Gasteiger partial charge in [0.15, 0.2) is 0 Å². The maximum absolute atomic E-state index is 11.9. The molecule has 2 rings (SSSR count). The van der Waals surface area contributed by atoms with Crippen LogP contribution in [-0.4, -0.2) is 61.5 Å². The molecular formula is C13H25N3O. The SMILES string of the molecule is CCCNCC(=O)N1CCN(CC2CC2)CC1. The van der Waals surface area contributed by atoms with Crippen molar-refractivity contribution in [1.29, 1.82) is 0 Å². The van der Waals surface area contributed by atoms with Crippen molar-refractivity contribution in [3.8, 4) is 0 Å². The number of carbonyl (C=O) groups is 1. The minimum atomic E-state index is 0.268. The van der Waals surface area contributed by atoms with Crippen molar-refractivity contribution < 1.29 is 4.79 Å². The second-order valence-corrected chi connectivity index (χ2v) is 5.30. The Morgan fingerprint density at radius 2 is 1.94 bits per heavy atom. The summed E-state index contributed by atoms with van der Waals surface area (Å²) in [5.74, 6) is 1.23. The smallest absolute Gasteiger partial charge is 0.236 e. The molecule has 98 valence electrons. The largest absolute Gasteiger partial charge is 0.339 e. The van der Waals surface area contributed by atoms with Crippen LogP contribution in [0.4, 0.5) is 0 Å². The molecule has 0 aromatic heterocycles. The summed E-state index contributed by atoms with van der Waals surface area (Å²) in [7, 11) is 0. The summed E-state index contributed by atoms with van der Waals surface area (Å²) < 4.78 is 0. The fourth-order valence-corrected chi connectivity index (χ4v) is 2.33. The first-order valence-electron chi connectivity index (χ1n) is 7.00. The molecular weight excluding hydrogens is 214 g/mol. The third kappa shape index (κ3) is 4.28.